The molecule has 4 nitrogen and oxygen atoms in total. The molecule has 1 aromatic heterocycles. The molecule has 5 heteroatoms. The van der Waals surface area contributed by atoms with Gasteiger partial charge in [-0.05, 0) is 25.7 Å². The van der Waals surface area contributed by atoms with Crippen LogP contribution in [-0.2, 0) is 0 Å². The summed E-state index contributed by atoms with van der Waals surface area (Å²) in [5.74, 6) is 0.512. The van der Waals surface area contributed by atoms with Gasteiger partial charge >= 0.3 is 0 Å². The minimum Gasteiger partial charge on any atom is -0.350 e. The molecule has 1 amide bonds. The summed E-state index contributed by atoms with van der Waals surface area (Å²) in [5, 5.41) is 3.84. The van der Waals surface area contributed by atoms with E-state index in [9.17, 15) is 4.79 Å². The van der Waals surface area contributed by atoms with E-state index >= 15 is 0 Å². The van der Waals surface area contributed by atoms with Crippen LogP contribution < -0.4 is 11.1 Å². The average molecular weight is 301 g/mol. The summed E-state index contributed by atoms with van der Waals surface area (Å²) in [6.07, 6.45) is 2.37. The van der Waals surface area contributed by atoms with Crippen molar-refractivity contribution >= 4 is 17.2 Å². The Balaban J connectivity index is 1.76. The number of aryl methyl sites for hydroxylation is 1. The lowest BCUT2D eigenvalue weighted by atomic mass is 10.1. The quantitative estimate of drug-likeness (QED) is 0.892. The first kappa shape index (κ1) is 14.2. The maximum Gasteiger partial charge on any atom is 0.263 e. The fourth-order valence-electron chi connectivity index (χ4n) is 2.35. The summed E-state index contributed by atoms with van der Waals surface area (Å²) in [5.41, 5.74) is 7.76. The molecule has 0 spiro atoms. The molecule has 2 aromatic rings. The molecule has 1 aliphatic carbocycles. The number of nitrogens with two attached hydrogens (primary N) is 1. The normalized spacial score (nSPS) is 15.7. The van der Waals surface area contributed by atoms with Crippen LogP contribution in [0.2, 0.25) is 0 Å². The van der Waals surface area contributed by atoms with Crippen LogP contribution in [0.15, 0.2) is 30.3 Å². The van der Waals surface area contributed by atoms with Crippen LogP contribution in [-0.4, -0.2) is 23.5 Å². The molecule has 1 aromatic carbocycles. The van der Waals surface area contributed by atoms with Crippen LogP contribution in [0.1, 0.15) is 27.5 Å². The first-order valence-corrected chi connectivity index (χ1v) is 8.03. The number of carbonyl (C=O) groups excluding carboxylic acids is 1. The van der Waals surface area contributed by atoms with Crippen LogP contribution in [0.4, 0.5) is 0 Å². The van der Waals surface area contributed by atoms with Crippen molar-refractivity contribution in [3.63, 3.8) is 0 Å². The van der Waals surface area contributed by atoms with E-state index in [1.165, 1.54) is 24.2 Å². The second kappa shape index (κ2) is 5.95. The SMILES string of the molecule is Cc1nc(-c2ccccc2)c(C(=O)NCC(N)C2CC2)s1. The zero-order valence-corrected chi connectivity index (χ0v) is 12.8. The van der Waals surface area contributed by atoms with E-state index in [1.807, 2.05) is 37.3 Å². The Morgan fingerprint density at radius 3 is 2.81 bits per heavy atom. The van der Waals surface area contributed by atoms with Gasteiger partial charge in [-0.3, -0.25) is 4.79 Å². The van der Waals surface area contributed by atoms with E-state index < -0.39 is 0 Å². The molecule has 21 heavy (non-hydrogen) atoms. The summed E-state index contributed by atoms with van der Waals surface area (Å²) >= 11 is 1.43. The highest BCUT2D eigenvalue weighted by Gasteiger charge is 2.29. The van der Waals surface area contributed by atoms with E-state index in [4.69, 9.17) is 5.73 Å². The molecule has 1 heterocycles. The highest BCUT2D eigenvalue weighted by Crippen LogP contribution is 2.31. The third-order valence-corrected chi connectivity index (χ3v) is 4.68. The first-order chi connectivity index (χ1) is 10.1. The molecule has 1 unspecified atom stereocenters. The fourth-order valence-corrected chi connectivity index (χ4v) is 3.21. The maximum absolute atomic E-state index is 12.4. The summed E-state index contributed by atoms with van der Waals surface area (Å²) in [6.45, 7) is 2.46. The molecule has 1 fully saturated rings. The van der Waals surface area contributed by atoms with E-state index in [1.54, 1.807) is 0 Å². The Morgan fingerprint density at radius 2 is 2.14 bits per heavy atom. The van der Waals surface area contributed by atoms with Gasteiger partial charge in [-0.25, -0.2) is 4.98 Å². The molecule has 3 N–H and O–H groups in total. The highest BCUT2D eigenvalue weighted by atomic mass is 32.1. The number of thiazole rings is 1. The molecule has 110 valence electrons. The lowest BCUT2D eigenvalue weighted by molar-refractivity contribution is 0.0955. The number of nitrogens with zero attached hydrogens (tertiary/aromatic N) is 1. The monoisotopic (exact) mass is 301 g/mol. The molecule has 1 atom stereocenters. The molecular weight excluding hydrogens is 282 g/mol. The summed E-state index contributed by atoms with van der Waals surface area (Å²) in [6, 6.07) is 9.88. The van der Waals surface area contributed by atoms with Gasteiger partial charge in [0.05, 0.1) is 10.7 Å². The van der Waals surface area contributed by atoms with Crippen molar-refractivity contribution in [2.45, 2.75) is 25.8 Å². The Labute approximate surface area is 128 Å². The molecule has 0 aliphatic heterocycles. The van der Waals surface area contributed by atoms with Gasteiger partial charge in [0.2, 0.25) is 0 Å². The number of aromatic nitrogens is 1. The summed E-state index contributed by atoms with van der Waals surface area (Å²) < 4.78 is 0. The summed E-state index contributed by atoms with van der Waals surface area (Å²) in [7, 11) is 0. The molecule has 0 saturated heterocycles. The molecule has 3 rings (SSSR count). The Morgan fingerprint density at radius 1 is 1.43 bits per heavy atom. The average Bonchev–Trinajstić information content (AvgIpc) is 3.28. The van der Waals surface area contributed by atoms with Crippen molar-refractivity contribution in [2.24, 2.45) is 11.7 Å². The van der Waals surface area contributed by atoms with Crippen molar-refractivity contribution in [1.82, 2.24) is 10.3 Å². The predicted molar refractivity (Wildman–Crippen MR) is 85.3 cm³/mol. The molecule has 1 aliphatic rings. The number of nitrogens with one attached hydrogen (secondary N) is 1. The van der Waals surface area contributed by atoms with Gasteiger partial charge in [-0.15, -0.1) is 11.3 Å². The van der Waals surface area contributed by atoms with Crippen LogP contribution in [0, 0.1) is 12.8 Å². The van der Waals surface area contributed by atoms with E-state index in [0.717, 1.165) is 16.3 Å². The van der Waals surface area contributed by atoms with Crippen molar-refractivity contribution in [2.75, 3.05) is 6.54 Å². The number of hydrogen-bond acceptors (Lipinski definition) is 4. The zero-order chi connectivity index (χ0) is 14.8. The maximum atomic E-state index is 12.4. The fraction of sp³-hybridized carbons (Fsp3) is 0.375. The van der Waals surface area contributed by atoms with Gasteiger partial charge in [0.1, 0.15) is 4.88 Å². The Hall–Kier alpha value is -1.72. The topological polar surface area (TPSA) is 68.0 Å². The number of amides is 1. The zero-order valence-electron chi connectivity index (χ0n) is 12.0. The van der Waals surface area contributed by atoms with Gasteiger partial charge < -0.3 is 11.1 Å². The predicted octanol–water partition coefficient (Wildman–Crippen LogP) is 2.59. The standard InChI is InChI=1S/C16H19N3OS/c1-10-19-14(12-5-3-2-4-6-12)15(21-10)16(20)18-9-13(17)11-7-8-11/h2-6,11,13H,7-9,17H2,1H3,(H,18,20). The first-order valence-electron chi connectivity index (χ1n) is 7.22. The van der Waals surface area contributed by atoms with Crippen molar-refractivity contribution in [3.8, 4) is 11.3 Å². The van der Waals surface area contributed by atoms with Crippen molar-refractivity contribution in [3.05, 3.63) is 40.2 Å². The molecule has 1 saturated carbocycles. The Bertz CT molecular complexity index is 634. The number of benzene rings is 1. The third-order valence-electron chi connectivity index (χ3n) is 3.71. The van der Waals surface area contributed by atoms with E-state index in [0.29, 0.717) is 17.3 Å². The largest absolute Gasteiger partial charge is 0.350 e. The van der Waals surface area contributed by atoms with Crippen molar-refractivity contribution < 1.29 is 4.79 Å². The molecular formula is C16H19N3OS. The van der Waals surface area contributed by atoms with Gasteiger partial charge in [0.25, 0.3) is 5.91 Å². The summed E-state index contributed by atoms with van der Waals surface area (Å²) in [4.78, 5) is 17.6. The second-order valence-electron chi connectivity index (χ2n) is 5.49. The highest BCUT2D eigenvalue weighted by molar-refractivity contribution is 7.14. The lowest BCUT2D eigenvalue weighted by Crippen LogP contribution is -2.38. The molecule has 0 bridgehead atoms. The minimum atomic E-state index is -0.0736. The van der Waals surface area contributed by atoms with Crippen LogP contribution in [0.3, 0.4) is 0 Å². The second-order valence-corrected chi connectivity index (χ2v) is 6.69. The minimum absolute atomic E-state index is 0.0724. The van der Waals surface area contributed by atoms with Crippen LogP contribution in [0.5, 0.6) is 0 Å². The van der Waals surface area contributed by atoms with Crippen LogP contribution in [0.25, 0.3) is 11.3 Å². The van der Waals surface area contributed by atoms with Crippen LogP contribution >= 0.6 is 11.3 Å². The number of carbonyl (C=O) groups is 1. The van der Waals surface area contributed by atoms with Gasteiger partial charge in [0, 0.05) is 18.2 Å². The van der Waals surface area contributed by atoms with E-state index in [2.05, 4.69) is 10.3 Å². The van der Waals surface area contributed by atoms with Gasteiger partial charge in [-0.2, -0.15) is 0 Å². The van der Waals surface area contributed by atoms with Gasteiger partial charge in [0.15, 0.2) is 0 Å². The third kappa shape index (κ3) is 3.31. The Kier molecular flexibility index (Phi) is 4.03. The smallest absolute Gasteiger partial charge is 0.263 e. The number of rotatable bonds is 5. The van der Waals surface area contributed by atoms with Crippen molar-refractivity contribution in [1.29, 1.82) is 0 Å². The van der Waals surface area contributed by atoms with Gasteiger partial charge in [-0.1, -0.05) is 30.3 Å². The lowest BCUT2D eigenvalue weighted by Gasteiger charge is -2.11. The number of hydrogen-bond donors (Lipinski definition) is 2. The van der Waals surface area contributed by atoms with E-state index in [-0.39, 0.29) is 11.9 Å². The molecule has 0 radical (unpaired) electrons.